The topological polar surface area (TPSA) is 82.4 Å². The van der Waals surface area contributed by atoms with Crippen LogP contribution in [0.2, 0.25) is 0 Å². The van der Waals surface area contributed by atoms with E-state index in [-0.39, 0.29) is 18.0 Å². The van der Waals surface area contributed by atoms with Gasteiger partial charge in [-0.25, -0.2) is 4.79 Å². The van der Waals surface area contributed by atoms with Crippen LogP contribution in [0.5, 0.6) is 0 Å². The second-order valence-corrected chi connectivity index (χ2v) is 5.84. The average molecular weight is 329 g/mol. The maximum absolute atomic E-state index is 12.1. The molecular formula is C18H23N3O3. The number of carbonyl (C=O) groups excluding carboxylic acids is 2. The van der Waals surface area contributed by atoms with Crippen molar-refractivity contribution in [2.24, 2.45) is 0 Å². The van der Waals surface area contributed by atoms with Gasteiger partial charge in [-0.2, -0.15) is 5.26 Å². The number of ether oxygens (including phenoxy) is 1. The fraction of sp³-hybridized carbons (Fsp3) is 0.500. The minimum absolute atomic E-state index is 0.0222. The number of amides is 2. The number of piperidine rings is 1. The third kappa shape index (κ3) is 5.27. The first-order chi connectivity index (χ1) is 11.6. The van der Waals surface area contributed by atoms with Crippen molar-refractivity contribution in [3.05, 3.63) is 35.4 Å². The summed E-state index contributed by atoms with van der Waals surface area (Å²) in [5, 5.41) is 11.8. The van der Waals surface area contributed by atoms with Crippen molar-refractivity contribution in [2.45, 2.75) is 38.6 Å². The van der Waals surface area contributed by atoms with Crippen LogP contribution in [0.1, 0.15) is 37.3 Å². The van der Waals surface area contributed by atoms with E-state index in [1.54, 1.807) is 24.0 Å². The van der Waals surface area contributed by atoms with E-state index >= 15 is 0 Å². The summed E-state index contributed by atoms with van der Waals surface area (Å²) in [5.41, 5.74) is 1.66. The van der Waals surface area contributed by atoms with E-state index in [4.69, 9.17) is 10.00 Å². The van der Waals surface area contributed by atoms with Gasteiger partial charge < -0.3 is 15.0 Å². The van der Waals surface area contributed by atoms with E-state index in [0.717, 1.165) is 18.4 Å². The Morgan fingerprint density at radius 2 is 1.96 bits per heavy atom. The molecule has 1 N–H and O–H groups in total. The SMILES string of the molecule is CCOC(=O)N1CCC(NC(=O)CCc2ccc(C#N)cc2)CC1. The van der Waals surface area contributed by atoms with Crippen molar-refractivity contribution in [2.75, 3.05) is 19.7 Å². The quantitative estimate of drug-likeness (QED) is 0.898. The molecule has 24 heavy (non-hydrogen) atoms. The second-order valence-electron chi connectivity index (χ2n) is 5.84. The number of hydrogen-bond acceptors (Lipinski definition) is 4. The van der Waals surface area contributed by atoms with E-state index in [1.165, 1.54) is 0 Å². The highest BCUT2D eigenvalue weighted by Gasteiger charge is 2.24. The number of hydrogen-bond donors (Lipinski definition) is 1. The van der Waals surface area contributed by atoms with Gasteiger partial charge in [0.1, 0.15) is 0 Å². The highest BCUT2D eigenvalue weighted by atomic mass is 16.6. The molecule has 0 unspecified atom stereocenters. The number of nitriles is 1. The average Bonchev–Trinajstić information content (AvgIpc) is 2.61. The van der Waals surface area contributed by atoms with Crippen LogP contribution in [0.3, 0.4) is 0 Å². The zero-order chi connectivity index (χ0) is 17.4. The zero-order valence-corrected chi connectivity index (χ0v) is 14.0. The summed E-state index contributed by atoms with van der Waals surface area (Å²) < 4.78 is 4.98. The molecule has 0 atom stereocenters. The molecule has 1 saturated heterocycles. The molecule has 128 valence electrons. The number of aryl methyl sites for hydroxylation is 1. The fourth-order valence-electron chi connectivity index (χ4n) is 2.72. The lowest BCUT2D eigenvalue weighted by Crippen LogP contribution is -2.46. The predicted octanol–water partition coefficient (Wildman–Crippen LogP) is 2.23. The number of benzene rings is 1. The Labute approximate surface area is 142 Å². The normalized spacial score (nSPS) is 14.8. The first-order valence-corrected chi connectivity index (χ1v) is 8.32. The van der Waals surface area contributed by atoms with Crippen LogP contribution >= 0.6 is 0 Å². The van der Waals surface area contributed by atoms with Gasteiger partial charge in [-0.3, -0.25) is 4.79 Å². The Morgan fingerprint density at radius 3 is 2.54 bits per heavy atom. The highest BCUT2D eigenvalue weighted by Crippen LogP contribution is 2.12. The van der Waals surface area contributed by atoms with Crippen LogP contribution in [0.25, 0.3) is 0 Å². The van der Waals surface area contributed by atoms with Crippen molar-refractivity contribution in [3.8, 4) is 6.07 Å². The third-order valence-electron chi connectivity index (χ3n) is 4.11. The standard InChI is InChI=1S/C18H23N3O3/c1-2-24-18(23)21-11-9-16(10-12-21)20-17(22)8-7-14-3-5-15(13-19)6-4-14/h3-6,16H,2,7-12H2,1H3,(H,20,22). The van der Waals surface area contributed by atoms with E-state index in [2.05, 4.69) is 11.4 Å². The zero-order valence-electron chi connectivity index (χ0n) is 14.0. The monoisotopic (exact) mass is 329 g/mol. The summed E-state index contributed by atoms with van der Waals surface area (Å²) in [4.78, 5) is 25.4. The van der Waals surface area contributed by atoms with Crippen LogP contribution in [0.4, 0.5) is 4.79 Å². The lowest BCUT2D eigenvalue weighted by molar-refractivity contribution is -0.122. The van der Waals surface area contributed by atoms with Crippen LogP contribution < -0.4 is 5.32 Å². The van der Waals surface area contributed by atoms with E-state index in [9.17, 15) is 9.59 Å². The molecule has 2 amide bonds. The number of nitrogens with zero attached hydrogens (tertiary/aromatic N) is 2. The molecule has 1 aromatic carbocycles. The summed E-state index contributed by atoms with van der Waals surface area (Å²) >= 11 is 0. The summed E-state index contributed by atoms with van der Waals surface area (Å²) in [6, 6.07) is 9.47. The number of rotatable bonds is 5. The number of carbonyl (C=O) groups is 2. The molecule has 0 aliphatic carbocycles. The van der Waals surface area contributed by atoms with Crippen molar-refractivity contribution in [3.63, 3.8) is 0 Å². The minimum atomic E-state index is -0.275. The summed E-state index contributed by atoms with van der Waals surface area (Å²) in [5.74, 6) is 0.0222. The Hall–Kier alpha value is -2.55. The molecule has 0 aromatic heterocycles. The Kier molecular flexibility index (Phi) is 6.62. The van der Waals surface area contributed by atoms with Crippen molar-refractivity contribution < 1.29 is 14.3 Å². The number of likely N-dealkylation sites (tertiary alicyclic amines) is 1. The maximum atomic E-state index is 12.1. The van der Waals surface area contributed by atoms with E-state index in [0.29, 0.717) is 38.1 Å². The largest absolute Gasteiger partial charge is 0.450 e. The summed E-state index contributed by atoms with van der Waals surface area (Å²) in [6.45, 7) is 3.39. The van der Waals surface area contributed by atoms with Gasteiger partial charge >= 0.3 is 6.09 Å². The molecule has 0 bridgehead atoms. The Morgan fingerprint density at radius 1 is 1.29 bits per heavy atom. The molecule has 1 aliphatic rings. The maximum Gasteiger partial charge on any atom is 0.409 e. The first-order valence-electron chi connectivity index (χ1n) is 8.32. The second kappa shape index (κ2) is 8.92. The smallest absolute Gasteiger partial charge is 0.409 e. The van der Waals surface area contributed by atoms with Crippen LogP contribution in [-0.4, -0.2) is 42.6 Å². The van der Waals surface area contributed by atoms with Crippen LogP contribution in [0, 0.1) is 11.3 Å². The van der Waals surface area contributed by atoms with Gasteiger partial charge in [0.2, 0.25) is 5.91 Å². The van der Waals surface area contributed by atoms with Gasteiger partial charge in [0, 0.05) is 25.6 Å². The molecule has 0 saturated carbocycles. The van der Waals surface area contributed by atoms with Gasteiger partial charge in [0.05, 0.1) is 18.2 Å². The van der Waals surface area contributed by atoms with Gasteiger partial charge in [-0.05, 0) is 43.9 Å². The molecule has 0 radical (unpaired) electrons. The first kappa shape index (κ1) is 17.8. The molecule has 6 nitrogen and oxygen atoms in total. The van der Waals surface area contributed by atoms with Crippen molar-refractivity contribution in [1.29, 1.82) is 5.26 Å². The Balaban J connectivity index is 1.69. The van der Waals surface area contributed by atoms with Gasteiger partial charge in [0.15, 0.2) is 0 Å². The highest BCUT2D eigenvalue weighted by molar-refractivity contribution is 5.76. The van der Waals surface area contributed by atoms with Crippen LogP contribution in [0.15, 0.2) is 24.3 Å². The van der Waals surface area contributed by atoms with Crippen molar-refractivity contribution >= 4 is 12.0 Å². The molecule has 1 aromatic rings. The lowest BCUT2D eigenvalue weighted by atomic mass is 10.0. The molecule has 0 spiro atoms. The van der Waals surface area contributed by atoms with Gasteiger partial charge in [0.25, 0.3) is 0 Å². The molecule has 1 heterocycles. The summed E-state index contributed by atoms with van der Waals surface area (Å²) in [7, 11) is 0. The molecule has 1 aliphatic heterocycles. The summed E-state index contributed by atoms with van der Waals surface area (Å²) in [6.07, 6.45) is 2.30. The minimum Gasteiger partial charge on any atom is -0.450 e. The van der Waals surface area contributed by atoms with Crippen molar-refractivity contribution in [1.82, 2.24) is 10.2 Å². The molecule has 2 rings (SSSR count). The molecular weight excluding hydrogens is 306 g/mol. The molecule has 1 fully saturated rings. The van der Waals surface area contributed by atoms with E-state index < -0.39 is 0 Å². The van der Waals surface area contributed by atoms with Crippen LogP contribution in [-0.2, 0) is 16.0 Å². The molecule has 6 heteroatoms. The predicted molar refractivity (Wildman–Crippen MR) is 89.2 cm³/mol. The number of nitrogens with one attached hydrogen (secondary N) is 1. The van der Waals surface area contributed by atoms with E-state index in [1.807, 2.05) is 12.1 Å². The van der Waals surface area contributed by atoms with Gasteiger partial charge in [-0.15, -0.1) is 0 Å². The van der Waals surface area contributed by atoms with Gasteiger partial charge in [-0.1, -0.05) is 12.1 Å². The third-order valence-corrected chi connectivity index (χ3v) is 4.11. The fourth-order valence-corrected chi connectivity index (χ4v) is 2.72. The Bertz CT molecular complexity index is 599. The lowest BCUT2D eigenvalue weighted by Gasteiger charge is -2.31.